The second kappa shape index (κ2) is 8.65. The third-order valence-corrected chi connectivity index (χ3v) is 4.35. The maximum Gasteiger partial charge on any atom is 0.310 e. The highest BCUT2D eigenvalue weighted by Crippen LogP contribution is 2.14. The van der Waals surface area contributed by atoms with Crippen LogP contribution in [-0.4, -0.2) is 44.0 Å². The van der Waals surface area contributed by atoms with Gasteiger partial charge in [0, 0.05) is 27.5 Å². The van der Waals surface area contributed by atoms with Gasteiger partial charge in [-0.05, 0) is 38.1 Å². The van der Waals surface area contributed by atoms with E-state index in [-0.39, 0.29) is 6.42 Å². The molecule has 0 spiro atoms. The van der Waals surface area contributed by atoms with Gasteiger partial charge in [-0.25, -0.2) is 9.50 Å². The summed E-state index contributed by atoms with van der Waals surface area (Å²) in [6.45, 7) is 3.00. The van der Waals surface area contributed by atoms with Gasteiger partial charge in [-0.3, -0.25) is 25.2 Å². The average Bonchev–Trinajstić information content (AvgIpc) is 3.16. The fraction of sp³-hybridized carbons (Fsp3) is 0.222. The molecule has 0 saturated heterocycles. The number of aryl methyl sites for hydroxylation is 2. The third kappa shape index (κ3) is 4.85. The Bertz CT molecular complexity index is 1080. The molecule has 0 aliphatic rings. The number of nitrogens with zero attached hydrogens (tertiary/aromatic N) is 4. The predicted molar refractivity (Wildman–Crippen MR) is 102 cm³/mol. The number of benzene rings is 1. The zero-order valence-corrected chi connectivity index (χ0v) is 16.4. The van der Waals surface area contributed by atoms with Crippen molar-refractivity contribution in [2.45, 2.75) is 20.3 Å². The van der Waals surface area contributed by atoms with E-state index in [1.165, 1.54) is 23.0 Å². The first kappa shape index (κ1) is 20.2. The Labute approximate surface area is 170 Å². The minimum absolute atomic E-state index is 0.0785. The lowest BCUT2D eigenvalue weighted by Gasteiger charge is -2.11. The summed E-state index contributed by atoms with van der Waals surface area (Å²) < 4.78 is 6.49. The molecule has 2 heterocycles. The summed E-state index contributed by atoms with van der Waals surface area (Å²) in [5.41, 5.74) is 6.69. The Morgan fingerprint density at radius 2 is 1.86 bits per heavy atom. The second-order valence-corrected chi connectivity index (χ2v) is 6.52. The van der Waals surface area contributed by atoms with E-state index in [0.29, 0.717) is 33.3 Å². The summed E-state index contributed by atoms with van der Waals surface area (Å²) in [6, 6.07) is 6.12. The maximum absolute atomic E-state index is 12.1. The molecule has 0 bridgehead atoms. The minimum Gasteiger partial charge on any atom is -0.455 e. The highest BCUT2D eigenvalue weighted by molar-refractivity contribution is 6.30. The summed E-state index contributed by atoms with van der Waals surface area (Å²) in [5, 5.41) is 4.54. The van der Waals surface area contributed by atoms with Gasteiger partial charge in [0.05, 0.1) is 6.42 Å². The van der Waals surface area contributed by atoms with E-state index in [1.807, 2.05) is 0 Å². The van der Waals surface area contributed by atoms with Crippen LogP contribution in [0.4, 0.5) is 0 Å². The largest absolute Gasteiger partial charge is 0.455 e. The van der Waals surface area contributed by atoms with Gasteiger partial charge in [0.1, 0.15) is 6.33 Å². The van der Waals surface area contributed by atoms with Crippen LogP contribution in [0.5, 0.6) is 0 Å². The molecule has 2 N–H and O–H groups in total. The molecular weight excluding hydrogens is 400 g/mol. The number of hydrogen-bond donors (Lipinski definition) is 2. The molecule has 10 nitrogen and oxygen atoms in total. The lowest BCUT2D eigenvalue weighted by molar-refractivity contribution is -0.148. The molecule has 0 radical (unpaired) electrons. The van der Waals surface area contributed by atoms with Crippen LogP contribution in [0, 0.1) is 13.8 Å². The fourth-order valence-corrected chi connectivity index (χ4v) is 2.71. The number of fused-ring (bicyclic) bond motifs is 1. The van der Waals surface area contributed by atoms with E-state index in [4.69, 9.17) is 16.3 Å². The van der Waals surface area contributed by atoms with Crippen LogP contribution in [-0.2, 0) is 20.7 Å². The van der Waals surface area contributed by atoms with Crippen molar-refractivity contribution in [3.63, 3.8) is 0 Å². The molecule has 0 unspecified atom stereocenters. The normalized spacial score (nSPS) is 10.6. The number of amides is 2. The molecule has 150 valence electrons. The SMILES string of the molecule is Cc1nc2ncnn2c(C)c1CC(=O)OCC(=O)NNC(=O)c1ccc(Cl)cc1. The van der Waals surface area contributed by atoms with E-state index >= 15 is 0 Å². The van der Waals surface area contributed by atoms with Crippen LogP contribution in [0.1, 0.15) is 27.3 Å². The number of aromatic nitrogens is 4. The van der Waals surface area contributed by atoms with E-state index < -0.39 is 24.4 Å². The Morgan fingerprint density at radius 1 is 1.14 bits per heavy atom. The number of esters is 1. The van der Waals surface area contributed by atoms with Crippen LogP contribution in [0.25, 0.3) is 5.78 Å². The van der Waals surface area contributed by atoms with Gasteiger partial charge in [-0.2, -0.15) is 10.1 Å². The number of halogens is 1. The highest BCUT2D eigenvalue weighted by Gasteiger charge is 2.16. The van der Waals surface area contributed by atoms with Crippen LogP contribution in [0.3, 0.4) is 0 Å². The average molecular weight is 417 g/mol. The van der Waals surface area contributed by atoms with E-state index in [2.05, 4.69) is 25.9 Å². The number of rotatable bonds is 5. The molecule has 0 aliphatic carbocycles. The number of ether oxygens (including phenoxy) is 1. The molecule has 2 amide bonds. The molecule has 0 saturated carbocycles. The van der Waals surface area contributed by atoms with E-state index in [0.717, 1.165) is 0 Å². The first-order valence-corrected chi connectivity index (χ1v) is 8.89. The van der Waals surface area contributed by atoms with Crippen LogP contribution in [0.15, 0.2) is 30.6 Å². The summed E-state index contributed by atoms with van der Waals surface area (Å²) in [5.74, 6) is -1.39. The Balaban J connectivity index is 1.50. The van der Waals surface area contributed by atoms with Crippen molar-refractivity contribution in [2.75, 3.05) is 6.61 Å². The summed E-state index contributed by atoms with van der Waals surface area (Å²) in [7, 11) is 0. The molecule has 0 atom stereocenters. The van der Waals surface area contributed by atoms with Crippen molar-refractivity contribution >= 4 is 35.2 Å². The minimum atomic E-state index is -0.682. The van der Waals surface area contributed by atoms with Crippen molar-refractivity contribution in [3.05, 3.63) is 58.1 Å². The van der Waals surface area contributed by atoms with Crippen LogP contribution >= 0.6 is 11.6 Å². The Kier molecular flexibility index (Phi) is 6.03. The van der Waals surface area contributed by atoms with Gasteiger partial charge < -0.3 is 4.74 Å². The van der Waals surface area contributed by atoms with Crippen molar-refractivity contribution < 1.29 is 19.1 Å². The van der Waals surface area contributed by atoms with Crippen LogP contribution in [0.2, 0.25) is 5.02 Å². The first-order valence-electron chi connectivity index (χ1n) is 8.51. The molecule has 1 aromatic carbocycles. The first-order chi connectivity index (χ1) is 13.8. The van der Waals surface area contributed by atoms with Crippen molar-refractivity contribution in [2.24, 2.45) is 0 Å². The van der Waals surface area contributed by atoms with Gasteiger partial charge in [-0.1, -0.05) is 11.6 Å². The standard InChI is InChI=1S/C18H17ClN6O4/c1-10-14(11(2)25-18(22-10)20-9-21-25)7-16(27)29-8-15(26)23-24-17(28)12-3-5-13(19)6-4-12/h3-6,9H,7-8H2,1-2H3,(H,23,26)(H,24,28). The molecule has 0 fully saturated rings. The Hall–Kier alpha value is -3.53. The van der Waals surface area contributed by atoms with Gasteiger partial charge in [0.15, 0.2) is 6.61 Å². The van der Waals surface area contributed by atoms with Gasteiger partial charge in [0.25, 0.3) is 17.6 Å². The van der Waals surface area contributed by atoms with E-state index in [1.54, 1.807) is 26.0 Å². The molecule has 3 rings (SSSR count). The number of nitrogens with one attached hydrogen (secondary N) is 2. The van der Waals surface area contributed by atoms with Crippen molar-refractivity contribution in [3.8, 4) is 0 Å². The number of carbonyl (C=O) groups is 3. The summed E-state index contributed by atoms with van der Waals surface area (Å²) >= 11 is 5.75. The van der Waals surface area contributed by atoms with Crippen molar-refractivity contribution in [1.82, 2.24) is 30.4 Å². The maximum atomic E-state index is 12.1. The smallest absolute Gasteiger partial charge is 0.310 e. The van der Waals surface area contributed by atoms with E-state index in [9.17, 15) is 14.4 Å². The zero-order chi connectivity index (χ0) is 21.0. The fourth-order valence-electron chi connectivity index (χ4n) is 2.59. The predicted octanol–water partition coefficient (Wildman–Crippen LogP) is 0.941. The lowest BCUT2D eigenvalue weighted by atomic mass is 10.1. The number of carbonyl (C=O) groups excluding carboxylic acids is 3. The molecule has 11 heteroatoms. The van der Waals surface area contributed by atoms with Crippen LogP contribution < -0.4 is 10.9 Å². The molecular formula is C18H17ClN6O4. The van der Waals surface area contributed by atoms with Gasteiger partial charge in [-0.15, -0.1) is 0 Å². The zero-order valence-electron chi connectivity index (χ0n) is 15.6. The highest BCUT2D eigenvalue weighted by atomic mass is 35.5. The molecule has 3 aromatic rings. The number of hydrazine groups is 1. The quantitative estimate of drug-likeness (QED) is 0.468. The summed E-state index contributed by atoms with van der Waals surface area (Å²) in [6.07, 6.45) is 1.30. The third-order valence-electron chi connectivity index (χ3n) is 4.10. The molecule has 2 aromatic heterocycles. The molecule has 0 aliphatic heterocycles. The number of hydrogen-bond acceptors (Lipinski definition) is 7. The Morgan fingerprint density at radius 3 is 2.59 bits per heavy atom. The lowest BCUT2D eigenvalue weighted by Crippen LogP contribution is -2.43. The second-order valence-electron chi connectivity index (χ2n) is 6.08. The van der Waals surface area contributed by atoms with Crippen molar-refractivity contribution in [1.29, 1.82) is 0 Å². The topological polar surface area (TPSA) is 128 Å². The molecule has 29 heavy (non-hydrogen) atoms. The monoisotopic (exact) mass is 416 g/mol. The van der Waals surface area contributed by atoms with Gasteiger partial charge >= 0.3 is 5.97 Å². The van der Waals surface area contributed by atoms with Gasteiger partial charge in [0.2, 0.25) is 0 Å². The summed E-state index contributed by atoms with van der Waals surface area (Å²) in [4.78, 5) is 44.1.